The Morgan fingerprint density at radius 3 is 2.93 bits per heavy atom. The van der Waals surface area contributed by atoms with Crippen molar-refractivity contribution >= 4 is 15.7 Å². The van der Waals surface area contributed by atoms with Gasteiger partial charge >= 0.3 is 0 Å². The lowest BCUT2D eigenvalue weighted by Crippen LogP contribution is -2.40. The van der Waals surface area contributed by atoms with E-state index in [1.54, 1.807) is 4.90 Å². The first-order valence-electron chi connectivity index (χ1n) is 4.85. The van der Waals surface area contributed by atoms with Crippen LogP contribution in [0.25, 0.3) is 0 Å². The van der Waals surface area contributed by atoms with Crippen LogP contribution < -0.4 is 0 Å². The third-order valence-corrected chi connectivity index (χ3v) is 3.83. The van der Waals surface area contributed by atoms with E-state index in [2.05, 4.69) is 0 Å². The minimum atomic E-state index is -1.08. The summed E-state index contributed by atoms with van der Waals surface area (Å²) in [5.74, 6) is 0.173. The zero-order chi connectivity index (χ0) is 10.6. The molecule has 5 nitrogen and oxygen atoms in total. The van der Waals surface area contributed by atoms with Crippen LogP contribution in [0.2, 0.25) is 0 Å². The van der Waals surface area contributed by atoms with E-state index in [1.807, 2.05) is 6.92 Å². The molecule has 1 aliphatic heterocycles. The molecule has 1 rings (SSSR count). The lowest BCUT2D eigenvalue weighted by atomic mass is 10.4. The fraction of sp³-hybridized carbons (Fsp3) is 0.875. The van der Waals surface area contributed by atoms with E-state index in [0.717, 1.165) is 13.0 Å². The number of likely N-dealkylation sites (tertiary alicyclic amines) is 1. The topological polar surface area (TPSA) is 70.0 Å². The zero-order valence-electron chi connectivity index (χ0n) is 8.35. The zero-order valence-corrected chi connectivity index (χ0v) is 9.76. The fourth-order valence-corrected chi connectivity index (χ4v) is 2.70. The van der Waals surface area contributed by atoms with Gasteiger partial charge in [0.25, 0.3) is 0 Å². The average Bonchev–Trinajstić information content (AvgIpc) is 2.60. The first-order chi connectivity index (χ1) is 6.65. The second-order valence-electron chi connectivity index (χ2n) is 3.51. The lowest BCUT2D eigenvalue weighted by Gasteiger charge is -2.24. The molecule has 6 heteroatoms. The molecule has 0 aliphatic carbocycles. The molecule has 1 saturated heterocycles. The maximum atomic E-state index is 11.3. The SMILES string of the molecule is CC([SiH2]OC(O)CO)N1CCCC1=O. The quantitative estimate of drug-likeness (QED) is 0.430. The van der Waals surface area contributed by atoms with E-state index in [4.69, 9.17) is 14.6 Å². The summed E-state index contributed by atoms with van der Waals surface area (Å²) < 4.78 is 5.06. The molecular formula is C8H17NO4Si. The van der Waals surface area contributed by atoms with E-state index in [-0.39, 0.29) is 18.2 Å². The number of aliphatic hydroxyl groups is 2. The van der Waals surface area contributed by atoms with Gasteiger partial charge in [-0.3, -0.25) is 4.79 Å². The highest BCUT2D eigenvalue weighted by atomic mass is 28.2. The molecule has 0 bridgehead atoms. The van der Waals surface area contributed by atoms with Crippen molar-refractivity contribution < 1.29 is 19.4 Å². The maximum Gasteiger partial charge on any atom is 0.222 e. The standard InChI is InChI=1S/C8H17NO4Si/c1-6(14-13-8(12)5-10)9-4-2-3-7(9)11/h6,8,10,12H,2-5,14H2,1H3. The second kappa shape index (κ2) is 5.45. The highest BCUT2D eigenvalue weighted by Crippen LogP contribution is 2.12. The second-order valence-corrected chi connectivity index (χ2v) is 5.36. The molecule has 1 heterocycles. The number of rotatable bonds is 5. The Hall–Kier alpha value is -0.433. The smallest absolute Gasteiger partial charge is 0.222 e. The van der Waals surface area contributed by atoms with E-state index in [0.29, 0.717) is 6.42 Å². The summed E-state index contributed by atoms with van der Waals surface area (Å²) in [5.41, 5.74) is 0.103. The van der Waals surface area contributed by atoms with Crippen molar-refractivity contribution in [2.75, 3.05) is 13.2 Å². The third kappa shape index (κ3) is 3.05. The first-order valence-corrected chi connectivity index (χ1v) is 6.24. The summed E-state index contributed by atoms with van der Waals surface area (Å²) in [4.78, 5) is 13.1. The van der Waals surface area contributed by atoms with Crippen LogP contribution in [0.3, 0.4) is 0 Å². The van der Waals surface area contributed by atoms with E-state index in [1.165, 1.54) is 0 Å². The molecule has 2 unspecified atom stereocenters. The van der Waals surface area contributed by atoms with Crippen molar-refractivity contribution in [2.24, 2.45) is 0 Å². The maximum absolute atomic E-state index is 11.3. The van der Waals surface area contributed by atoms with Gasteiger partial charge in [0.2, 0.25) is 5.91 Å². The number of nitrogens with zero attached hydrogens (tertiary/aromatic N) is 1. The molecule has 0 aromatic carbocycles. The summed E-state index contributed by atoms with van der Waals surface area (Å²) in [5, 5.41) is 17.5. The van der Waals surface area contributed by atoms with E-state index >= 15 is 0 Å². The van der Waals surface area contributed by atoms with Gasteiger partial charge in [0.15, 0.2) is 16.1 Å². The van der Waals surface area contributed by atoms with Gasteiger partial charge in [0.05, 0.1) is 6.61 Å². The Bertz CT molecular complexity index is 202. The summed E-state index contributed by atoms with van der Waals surface area (Å²) in [7, 11) is -0.989. The number of carbonyl (C=O) groups is 1. The van der Waals surface area contributed by atoms with Gasteiger partial charge in [-0.25, -0.2) is 0 Å². The Balaban J connectivity index is 2.27. The van der Waals surface area contributed by atoms with Crippen LogP contribution >= 0.6 is 0 Å². The molecule has 0 saturated carbocycles. The van der Waals surface area contributed by atoms with Crippen molar-refractivity contribution in [3.63, 3.8) is 0 Å². The molecule has 14 heavy (non-hydrogen) atoms. The monoisotopic (exact) mass is 219 g/mol. The van der Waals surface area contributed by atoms with E-state index < -0.39 is 16.1 Å². The van der Waals surface area contributed by atoms with Crippen molar-refractivity contribution in [3.05, 3.63) is 0 Å². The predicted octanol–water partition coefficient (Wildman–Crippen LogP) is -1.63. The van der Waals surface area contributed by atoms with Crippen LogP contribution in [0.15, 0.2) is 0 Å². The lowest BCUT2D eigenvalue weighted by molar-refractivity contribution is -0.128. The molecule has 0 radical (unpaired) electrons. The molecule has 0 aromatic rings. The minimum absolute atomic E-state index is 0.103. The van der Waals surface area contributed by atoms with Gasteiger partial charge < -0.3 is 19.5 Å². The first kappa shape index (κ1) is 11.6. The Morgan fingerprint density at radius 1 is 1.71 bits per heavy atom. The van der Waals surface area contributed by atoms with E-state index in [9.17, 15) is 4.79 Å². The Labute approximate surface area is 85.6 Å². The van der Waals surface area contributed by atoms with Crippen molar-refractivity contribution in [1.82, 2.24) is 4.90 Å². The molecule has 2 atom stereocenters. The highest BCUT2D eigenvalue weighted by molar-refractivity contribution is 6.30. The predicted molar refractivity (Wildman–Crippen MR) is 53.1 cm³/mol. The molecule has 1 aliphatic rings. The van der Waals surface area contributed by atoms with Crippen molar-refractivity contribution in [3.8, 4) is 0 Å². The number of hydrogen-bond acceptors (Lipinski definition) is 4. The van der Waals surface area contributed by atoms with Gasteiger partial charge in [-0.05, 0) is 13.3 Å². The fourth-order valence-electron chi connectivity index (χ4n) is 1.53. The van der Waals surface area contributed by atoms with Crippen molar-refractivity contribution in [2.45, 2.75) is 31.7 Å². The molecule has 1 fully saturated rings. The Morgan fingerprint density at radius 2 is 2.43 bits per heavy atom. The van der Waals surface area contributed by atoms with Crippen molar-refractivity contribution in [1.29, 1.82) is 0 Å². The van der Waals surface area contributed by atoms with Gasteiger partial charge in [0, 0.05) is 18.6 Å². The number of hydrogen-bond donors (Lipinski definition) is 2. The summed E-state index contributed by atoms with van der Waals surface area (Å²) in [6, 6.07) is 0. The molecular weight excluding hydrogens is 202 g/mol. The third-order valence-electron chi connectivity index (χ3n) is 2.33. The van der Waals surface area contributed by atoms with Gasteiger partial charge in [-0.1, -0.05) is 0 Å². The number of carbonyl (C=O) groups excluding carboxylic acids is 1. The minimum Gasteiger partial charge on any atom is -0.396 e. The molecule has 0 spiro atoms. The largest absolute Gasteiger partial charge is 0.396 e. The highest BCUT2D eigenvalue weighted by Gasteiger charge is 2.25. The average molecular weight is 219 g/mol. The number of amides is 1. The van der Waals surface area contributed by atoms with Crippen LogP contribution in [0.5, 0.6) is 0 Å². The van der Waals surface area contributed by atoms with Gasteiger partial charge in [-0.2, -0.15) is 0 Å². The Kier molecular flexibility index (Phi) is 4.53. The number of aliphatic hydroxyl groups excluding tert-OH is 2. The molecule has 1 amide bonds. The summed E-state index contributed by atoms with van der Waals surface area (Å²) in [6.45, 7) is 2.35. The molecule has 0 aromatic heterocycles. The normalized spacial score (nSPS) is 22.2. The van der Waals surface area contributed by atoms with Crippen LogP contribution in [0.4, 0.5) is 0 Å². The van der Waals surface area contributed by atoms with Crippen LogP contribution in [0.1, 0.15) is 19.8 Å². The summed E-state index contributed by atoms with van der Waals surface area (Å²) >= 11 is 0. The molecule has 2 N–H and O–H groups in total. The molecule has 82 valence electrons. The van der Waals surface area contributed by atoms with Gasteiger partial charge in [0.1, 0.15) is 0 Å². The van der Waals surface area contributed by atoms with Crippen LogP contribution in [-0.4, -0.2) is 55.9 Å². The summed E-state index contributed by atoms with van der Waals surface area (Å²) in [6.07, 6.45) is 0.461. The van der Waals surface area contributed by atoms with Crippen LogP contribution in [-0.2, 0) is 9.22 Å². The van der Waals surface area contributed by atoms with Gasteiger partial charge in [-0.15, -0.1) is 0 Å². The van der Waals surface area contributed by atoms with Crippen LogP contribution in [0, 0.1) is 0 Å².